The molecule has 1 aromatic heterocycles. The van der Waals surface area contributed by atoms with Crippen molar-refractivity contribution in [2.75, 3.05) is 13.7 Å². The molecule has 0 saturated heterocycles. The molecular weight excluding hydrogens is 372 g/mol. The number of hydrogen-bond donors (Lipinski definition) is 1. The Balaban J connectivity index is 1.41. The van der Waals surface area contributed by atoms with Crippen molar-refractivity contribution in [2.45, 2.75) is 19.3 Å². The molecule has 0 aliphatic heterocycles. The average molecular weight is 394 g/mol. The van der Waals surface area contributed by atoms with Crippen molar-refractivity contribution in [2.24, 2.45) is 0 Å². The fourth-order valence-corrected chi connectivity index (χ4v) is 3.58. The van der Waals surface area contributed by atoms with Crippen LogP contribution in [0.1, 0.15) is 28.9 Å². The Bertz CT molecular complexity index is 938. The Morgan fingerprint density at radius 2 is 1.89 bits per heavy atom. The zero-order chi connectivity index (χ0) is 19.8. The van der Waals surface area contributed by atoms with Gasteiger partial charge >= 0.3 is 0 Å². The molecule has 0 saturated carbocycles. The topological polar surface area (TPSA) is 68.3 Å². The van der Waals surface area contributed by atoms with Crippen molar-refractivity contribution in [1.29, 1.82) is 0 Å². The maximum Gasteiger partial charge on any atom is 0.220 e. The number of amides is 1. The van der Waals surface area contributed by atoms with Gasteiger partial charge in [-0.15, -0.1) is 11.3 Å². The highest BCUT2D eigenvalue weighted by atomic mass is 32.1. The summed E-state index contributed by atoms with van der Waals surface area (Å²) < 4.78 is 5.12. The SMILES string of the molecule is COc1cccc(C(=O)CCC(=O)NCCc2csc(-c3ccccc3)n2)c1. The highest BCUT2D eigenvalue weighted by molar-refractivity contribution is 7.13. The number of nitrogens with one attached hydrogen (secondary N) is 1. The third-order valence-corrected chi connectivity index (χ3v) is 5.19. The number of benzene rings is 2. The number of ketones is 1. The summed E-state index contributed by atoms with van der Waals surface area (Å²) in [5.41, 5.74) is 2.61. The number of carbonyl (C=O) groups excluding carboxylic acids is 2. The van der Waals surface area contributed by atoms with E-state index in [9.17, 15) is 9.59 Å². The predicted octanol–water partition coefficient (Wildman–Crippen LogP) is 4.14. The van der Waals surface area contributed by atoms with Crippen LogP contribution >= 0.6 is 11.3 Å². The van der Waals surface area contributed by atoms with Gasteiger partial charge in [0.25, 0.3) is 0 Å². The van der Waals surface area contributed by atoms with Crippen LogP contribution in [0.3, 0.4) is 0 Å². The number of hydrogen-bond acceptors (Lipinski definition) is 5. The minimum Gasteiger partial charge on any atom is -0.497 e. The van der Waals surface area contributed by atoms with Crippen LogP contribution in [0.25, 0.3) is 10.6 Å². The summed E-state index contributed by atoms with van der Waals surface area (Å²) in [6.07, 6.45) is 1.01. The number of Topliss-reactive ketones (excluding diaryl/α,β-unsaturated/α-hetero) is 1. The Hall–Kier alpha value is -2.99. The zero-order valence-electron chi connectivity index (χ0n) is 15.7. The van der Waals surface area contributed by atoms with E-state index in [1.807, 2.05) is 35.7 Å². The smallest absolute Gasteiger partial charge is 0.220 e. The van der Waals surface area contributed by atoms with E-state index in [4.69, 9.17) is 4.74 Å². The van der Waals surface area contributed by atoms with E-state index in [0.29, 0.717) is 24.3 Å². The van der Waals surface area contributed by atoms with Crippen molar-refractivity contribution >= 4 is 23.0 Å². The molecule has 5 nitrogen and oxygen atoms in total. The van der Waals surface area contributed by atoms with Gasteiger partial charge in [0.2, 0.25) is 5.91 Å². The number of nitrogens with zero attached hydrogens (tertiary/aromatic N) is 1. The van der Waals surface area contributed by atoms with Gasteiger partial charge in [-0.25, -0.2) is 4.98 Å². The van der Waals surface area contributed by atoms with E-state index in [2.05, 4.69) is 10.3 Å². The van der Waals surface area contributed by atoms with Crippen molar-refractivity contribution in [3.05, 3.63) is 71.2 Å². The van der Waals surface area contributed by atoms with Gasteiger partial charge in [-0.05, 0) is 12.1 Å². The van der Waals surface area contributed by atoms with Gasteiger partial charge in [-0.2, -0.15) is 0 Å². The van der Waals surface area contributed by atoms with Gasteiger partial charge in [-0.3, -0.25) is 9.59 Å². The lowest BCUT2D eigenvalue weighted by Crippen LogP contribution is -2.26. The van der Waals surface area contributed by atoms with Gasteiger partial charge in [-0.1, -0.05) is 42.5 Å². The highest BCUT2D eigenvalue weighted by Crippen LogP contribution is 2.23. The molecule has 0 atom stereocenters. The molecule has 0 radical (unpaired) electrons. The van der Waals surface area contributed by atoms with Gasteiger partial charge < -0.3 is 10.1 Å². The summed E-state index contributed by atoms with van der Waals surface area (Å²) in [6, 6.07) is 17.0. The first-order valence-corrected chi connectivity index (χ1v) is 9.97. The third-order valence-electron chi connectivity index (χ3n) is 4.25. The molecule has 3 rings (SSSR count). The Morgan fingerprint density at radius 3 is 2.68 bits per heavy atom. The summed E-state index contributed by atoms with van der Waals surface area (Å²) >= 11 is 1.60. The van der Waals surface area contributed by atoms with E-state index in [1.54, 1.807) is 42.7 Å². The molecule has 0 aliphatic carbocycles. The lowest BCUT2D eigenvalue weighted by atomic mass is 10.1. The zero-order valence-corrected chi connectivity index (χ0v) is 16.5. The summed E-state index contributed by atoms with van der Waals surface area (Å²) in [6.45, 7) is 0.504. The second-order valence-electron chi connectivity index (χ2n) is 6.27. The molecule has 3 aromatic rings. The molecule has 1 heterocycles. The van der Waals surface area contributed by atoms with E-state index in [-0.39, 0.29) is 24.5 Å². The molecule has 144 valence electrons. The normalized spacial score (nSPS) is 10.5. The van der Waals surface area contributed by atoms with Crippen molar-refractivity contribution in [1.82, 2.24) is 10.3 Å². The molecule has 0 aliphatic rings. The lowest BCUT2D eigenvalue weighted by molar-refractivity contribution is -0.121. The molecular formula is C22H22N2O3S. The molecule has 0 unspecified atom stereocenters. The number of ether oxygens (including phenoxy) is 1. The maximum absolute atomic E-state index is 12.2. The van der Waals surface area contributed by atoms with Crippen LogP contribution in [-0.2, 0) is 11.2 Å². The molecule has 1 N–H and O–H groups in total. The van der Waals surface area contributed by atoms with Crippen LogP contribution in [0.5, 0.6) is 5.75 Å². The van der Waals surface area contributed by atoms with Gasteiger partial charge in [0, 0.05) is 42.3 Å². The van der Waals surface area contributed by atoms with Gasteiger partial charge in [0.05, 0.1) is 12.8 Å². The van der Waals surface area contributed by atoms with Crippen molar-refractivity contribution in [3.8, 4) is 16.3 Å². The summed E-state index contributed by atoms with van der Waals surface area (Å²) in [5.74, 6) is 0.434. The van der Waals surface area contributed by atoms with Crippen LogP contribution in [0, 0.1) is 0 Å². The number of rotatable bonds is 9. The Kier molecular flexibility index (Phi) is 6.92. The molecule has 28 heavy (non-hydrogen) atoms. The van der Waals surface area contributed by atoms with E-state index < -0.39 is 0 Å². The minimum atomic E-state index is -0.130. The van der Waals surface area contributed by atoms with Gasteiger partial charge in [0.15, 0.2) is 5.78 Å². The summed E-state index contributed by atoms with van der Waals surface area (Å²) in [4.78, 5) is 28.8. The summed E-state index contributed by atoms with van der Waals surface area (Å²) in [5, 5.41) is 5.85. The molecule has 0 spiro atoms. The fourth-order valence-electron chi connectivity index (χ4n) is 2.72. The lowest BCUT2D eigenvalue weighted by Gasteiger charge is -2.05. The molecule has 0 fully saturated rings. The number of methoxy groups -OCH3 is 1. The quantitative estimate of drug-likeness (QED) is 0.554. The molecule has 6 heteroatoms. The van der Waals surface area contributed by atoms with E-state index >= 15 is 0 Å². The number of aromatic nitrogens is 1. The Labute approximate surface area is 168 Å². The average Bonchev–Trinajstić information content (AvgIpc) is 3.21. The van der Waals surface area contributed by atoms with Crippen LogP contribution in [0.4, 0.5) is 0 Å². The molecule has 1 amide bonds. The standard InChI is InChI=1S/C22H22N2O3S/c1-27-19-9-5-8-17(14-19)20(25)10-11-21(26)23-13-12-18-15-28-22(24-18)16-6-3-2-4-7-16/h2-9,14-15H,10-13H2,1H3,(H,23,26). The molecule has 2 aromatic carbocycles. The second-order valence-corrected chi connectivity index (χ2v) is 7.12. The fraction of sp³-hybridized carbons (Fsp3) is 0.227. The summed E-state index contributed by atoms with van der Waals surface area (Å²) in [7, 11) is 1.56. The first-order chi connectivity index (χ1) is 13.7. The van der Waals surface area contributed by atoms with Crippen LogP contribution in [-0.4, -0.2) is 30.3 Å². The first-order valence-electron chi connectivity index (χ1n) is 9.09. The van der Waals surface area contributed by atoms with Crippen LogP contribution in [0.15, 0.2) is 60.0 Å². The van der Waals surface area contributed by atoms with Crippen molar-refractivity contribution < 1.29 is 14.3 Å². The largest absolute Gasteiger partial charge is 0.497 e. The van der Waals surface area contributed by atoms with Crippen LogP contribution in [0.2, 0.25) is 0 Å². The van der Waals surface area contributed by atoms with Gasteiger partial charge in [0.1, 0.15) is 10.8 Å². The van der Waals surface area contributed by atoms with E-state index in [0.717, 1.165) is 16.3 Å². The predicted molar refractivity (Wildman–Crippen MR) is 111 cm³/mol. The number of carbonyl (C=O) groups is 2. The van der Waals surface area contributed by atoms with Crippen molar-refractivity contribution in [3.63, 3.8) is 0 Å². The van der Waals surface area contributed by atoms with E-state index in [1.165, 1.54) is 0 Å². The van der Waals surface area contributed by atoms with Crippen LogP contribution < -0.4 is 10.1 Å². The maximum atomic E-state index is 12.2. The third kappa shape index (κ3) is 5.50. The minimum absolute atomic E-state index is 0.0685. The second kappa shape index (κ2) is 9.80. The Morgan fingerprint density at radius 1 is 1.07 bits per heavy atom. The first kappa shape index (κ1) is 19.8. The number of thiazole rings is 1. The highest BCUT2D eigenvalue weighted by Gasteiger charge is 2.10. The molecule has 0 bridgehead atoms. The monoisotopic (exact) mass is 394 g/mol.